The molecule has 1 aliphatic rings. The molecule has 0 aliphatic carbocycles. The molecular formula is C16H24O3S2. The molecule has 1 unspecified atom stereocenters. The van der Waals surface area contributed by atoms with Gasteiger partial charge in [-0.05, 0) is 5.56 Å². The minimum absolute atomic E-state index is 0.179. The summed E-state index contributed by atoms with van der Waals surface area (Å²) in [4.78, 5) is 0. The molecule has 0 N–H and O–H groups in total. The number of hydrogen-bond acceptors (Lipinski definition) is 5. The van der Waals surface area contributed by atoms with Gasteiger partial charge in [0.25, 0.3) is 0 Å². The zero-order valence-corrected chi connectivity index (χ0v) is 14.0. The van der Waals surface area contributed by atoms with E-state index in [1.54, 1.807) is 0 Å². The lowest BCUT2D eigenvalue weighted by molar-refractivity contribution is 0.0605. The van der Waals surface area contributed by atoms with E-state index in [1.807, 2.05) is 29.6 Å². The maximum atomic E-state index is 6.08. The van der Waals surface area contributed by atoms with Crippen molar-refractivity contribution in [3.63, 3.8) is 0 Å². The van der Waals surface area contributed by atoms with Crippen LogP contribution in [0.5, 0.6) is 0 Å². The van der Waals surface area contributed by atoms with Gasteiger partial charge in [0.05, 0.1) is 39.1 Å². The van der Waals surface area contributed by atoms with Crippen LogP contribution in [0.2, 0.25) is 0 Å². The Bertz CT molecular complexity index is 346. The zero-order chi connectivity index (χ0) is 14.6. The average molecular weight is 328 g/mol. The van der Waals surface area contributed by atoms with Crippen molar-refractivity contribution in [1.82, 2.24) is 0 Å². The smallest absolute Gasteiger partial charge is 0.0915 e. The van der Waals surface area contributed by atoms with Crippen LogP contribution in [0.4, 0.5) is 0 Å². The van der Waals surface area contributed by atoms with Gasteiger partial charge >= 0.3 is 0 Å². The van der Waals surface area contributed by atoms with Crippen molar-refractivity contribution in [1.29, 1.82) is 0 Å². The molecule has 1 atom stereocenters. The van der Waals surface area contributed by atoms with Gasteiger partial charge in [-0.15, -0.1) is 0 Å². The molecule has 0 saturated carbocycles. The lowest BCUT2D eigenvalue weighted by Crippen LogP contribution is -2.11. The summed E-state index contributed by atoms with van der Waals surface area (Å²) in [6.45, 7) is 3.77. The molecule has 0 bridgehead atoms. The fourth-order valence-electron chi connectivity index (χ4n) is 2.01. The van der Waals surface area contributed by atoms with Crippen LogP contribution in [0, 0.1) is 0 Å². The maximum absolute atomic E-state index is 6.08. The fraction of sp³-hybridized carbons (Fsp3) is 0.625. The minimum atomic E-state index is 0.179. The predicted octanol–water partition coefficient (Wildman–Crippen LogP) is 3.26. The van der Waals surface area contributed by atoms with Crippen LogP contribution in [0.3, 0.4) is 0 Å². The van der Waals surface area contributed by atoms with Crippen molar-refractivity contribution >= 4 is 23.5 Å². The van der Waals surface area contributed by atoms with Crippen molar-refractivity contribution < 1.29 is 14.2 Å². The summed E-state index contributed by atoms with van der Waals surface area (Å²) in [5, 5.41) is 0. The summed E-state index contributed by atoms with van der Waals surface area (Å²) in [7, 11) is 0. The zero-order valence-electron chi connectivity index (χ0n) is 12.4. The number of ether oxygens (including phenoxy) is 3. The van der Waals surface area contributed by atoms with Gasteiger partial charge in [0.2, 0.25) is 0 Å². The van der Waals surface area contributed by atoms with Crippen LogP contribution in [-0.4, -0.2) is 56.0 Å². The molecule has 1 aromatic rings. The first-order valence-electron chi connectivity index (χ1n) is 7.44. The second kappa shape index (κ2) is 11.4. The first-order valence-corrected chi connectivity index (χ1v) is 9.75. The van der Waals surface area contributed by atoms with E-state index in [2.05, 4.69) is 24.3 Å². The molecule has 2 rings (SSSR count). The van der Waals surface area contributed by atoms with Gasteiger partial charge in [0, 0.05) is 23.0 Å². The van der Waals surface area contributed by atoms with Gasteiger partial charge in [-0.25, -0.2) is 0 Å². The molecule has 118 valence electrons. The number of hydrogen-bond donors (Lipinski definition) is 0. The Hall–Kier alpha value is -0.200. The number of rotatable bonds is 1. The molecule has 1 aliphatic heterocycles. The van der Waals surface area contributed by atoms with E-state index < -0.39 is 0 Å². The van der Waals surface area contributed by atoms with Crippen LogP contribution in [0.1, 0.15) is 11.7 Å². The SMILES string of the molecule is c1ccc(C2CSCCOCCOCCSCCO2)cc1. The number of thioether (sulfide) groups is 2. The summed E-state index contributed by atoms with van der Waals surface area (Å²) >= 11 is 3.77. The van der Waals surface area contributed by atoms with Gasteiger partial charge in [-0.1, -0.05) is 30.3 Å². The molecule has 0 spiro atoms. The highest BCUT2D eigenvalue weighted by Gasteiger charge is 2.12. The Balaban J connectivity index is 1.83. The molecule has 5 heteroatoms. The first kappa shape index (κ1) is 17.2. The van der Waals surface area contributed by atoms with Gasteiger partial charge in [-0.2, -0.15) is 23.5 Å². The monoisotopic (exact) mass is 328 g/mol. The van der Waals surface area contributed by atoms with Crippen LogP contribution in [-0.2, 0) is 14.2 Å². The molecule has 0 radical (unpaired) electrons. The van der Waals surface area contributed by atoms with Crippen LogP contribution in [0.25, 0.3) is 0 Å². The van der Waals surface area contributed by atoms with Crippen LogP contribution >= 0.6 is 23.5 Å². The highest BCUT2D eigenvalue weighted by Crippen LogP contribution is 2.22. The number of benzene rings is 1. The maximum Gasteiger partial charge on any atom is 0.0915 e. The summed E-state index contributed by atoms with van der Waals surface area (Å²) in [6.07, 6.45) is 0.179. The molecule has 21 heavy (non-hydrogen) atoms. The highest BCUT2D eigenvalue weighted by atomic mass is 32.2. The van der Waals surface area contributed by atoms with E-state index in [4.69, 9.17) is 14.2 Å². The third-order valence-electron chi connectivity index (χ3n) is 3.10. The molecule has 1 heterocycles. The van der Waals surface area contributed by atoms with Gasteiger partial charge in [-0.3, -0.25) is 0 Å². The van der Waals surface area contributed by atoms with Crippen molar-refractivity contribution in [2.45, 2.75) is 6.10 Å². The Kier molecular flexibility index (Phi) is 9.30. The molecule has 1 fully saturated rings. The van der Waals surface area contributed by atoms with Crippen molar-refractivity contribution in [3.05, 3.63) is 35.9 Å². The van der Waals surface area contributed by atoms with E-state index in [0.29, 0.717) is 13.2 Å². The lowest BCUT2D eigenvalue weighted by atomic mass is 10.1. The minimum Gasteiger partial charge on any atom is -0.378 e. The topological polar surface area (TPSA) is 27.7 Å². The second-order valence-electron chi connectivity index (χ2n) is 4.68. The molecule has 1 saturated heterocycles. The highest BCUT2D eigenvalue weighted by molar-refractivity contribution is 7.99. The normalized spacial score (nSPS) is 23.9. The molecule has 1 aromatic carbocycles. The van der Waals surface area contributed by atoms with Crippen molar-refractivity contribution in [2.75, 3.05) is 56.0 Å². The summed E-state index contributed by atoms with van der Waals surface area (Å²) in [6, 6.07) is 10.5. The second-order valence-corrected chi connectivity index (χ2v) is 7.06. The molecule has 0 aromatic heterocycles. The first-order chi connectivity index (χ1) is 10.5. The summed E-state index contributed by atoms with van der Waals surface area (Å²) in [5.41, 5.74) is 1.27. The van der Waals surface area contributed by atoms with Gasteiger partial charge < -0.3 is 14.2 Å². The quantitative estimate of drug-likeness (QED) is 0.789. The van der Waals surface area contributed by atoms with E-state index in [0.717, 1.165) is 42.8 Å². The molecular weight excluding hydrogens is 304 g/mol. The van der Waals surface area contributed by atoms with E-state index in [9.17, 15) is 0 Å². The van der Waals surface area contributed by atoms with E-state index >= 15 is 0 Å². The van der Waals surface area contributed by atoms with E-state index in [1.165, 1.54) is 5.56 Å². The Morgan fingerprint density at radius 1 is 0.762 bits per heavy atom. The lowest BCUT2D eigenvalue weighted by Gasteiger charge is -2.18. The van der Waals surface area contributed by atoms with Gasteiger partial charge in [0.15, 0.2) is 0 Å². The Labute approximate surface area is 136 Å². The fourth-order valence-corrected chi connectivity index (χ4v) is 3.57. The molecule has 0 amide bonds. The van der Waals surface area contributed by atoms with Crippen molar-refractivity contribution in [3.8, 4) is 0 Å². The standard InChI is InChI=1S/C16H24O3S2/c1-2-4-15(5-3-1)16-14-21-12-9-18-7-6-17-8-11-20-13-10-19-16/h1-5,16H,6-14H2. The van der Waals surface area contributed by atoms with Crippen LogP contribution < -0.4 is 0 Å². The third-order valence-corrected chi connectivity index (χ3v) is 5.01. The average Bonchev–Trinajstić information content (AvgIpc) is 2.54. The predicted molar refractivity (Wildman–Crippen MR) is 91.4 cm³/mol. The molecule has 3 nitrogen and oxygen atoms in total. The van der Waals surface area contributed by atoms with Gasteiger partial charge in [0.1, 0.15) is 0 Å². The summed E-state index contributed by atoms with van der Waals surface area (Å²) in [5.74, 6) is 4.03. The Morgan fingerprint density at radius 2 is 1.43 bits per heavy atom. The largest absolute Gasteiger partial charge is 0.378 e. The van der Waals surface area contributed by atoms with Crippen LogP contribution in [0.15, 0.2) is 30.3 Å². The summed E-state index contributed by atoms with van der Waals surface area (Å²) < 4.78 is 17.1. The van der Waals surface area contributed by atoms with Crippen molar-refractivity contribution in [2.24, 2.45) is 0 Å². The Morgan fingerprint density at radius 3 is 2.19 bits per heavy atom. The van der Waals surface area contributed by atoms with E-state index in [-0.39, 0.29) is 6.10 Å². The third kappa shape index (κ3) is 7.56.